The van der Waals surface area contributed by atoms with Crippen LogP contribution in [0.2, 0.25) is 0 Å². The van der Waals surface area contributed by atoms with E-state index in [1.54, 1.807) is 0 Å². The minimum Gasteiger partial charge on any atom is -0.295 e. The lowest BCUT2D eigenvalue weighted by atomic mass is 9.95. The van der Waals surface area contributed by atoms with E-state index < -0.39 is 0 Å². The zero-order valence-electron chi connectivity index (χ0n) is 10.2. The normalized spacial score (nSPS) is 24.9. The van der Waals surface area contributed by atoms with Gasteiger partial charge in [-0.1, -0.05) is 6.92 Å². The molecule has 2 atom stereocenters. The quantitative estimate of drug-likeness (QED) is 0.415. The molecule has 1 heterocycles. The molecule has 15 heavy (non-hydrogen) atoms. The Balaban J connectivity index is 2.67. The lowest BCUT2D eigenvalue weighted by Crippen LogP contribution is -2.51. The summed E-state index contributed by atoms with van der Waals surface area (Å²) in [4.78, 5) is 13.9. The van der Waals surface area contributed by atoms with Crippen LogP contribution in [0.3, 0.4) is 0 Å². The van der Waals surface area contributed by atoms with E-state index in [4.69, 9.17) is 5.84 Å². The van der Waals surface area contributed by atoms with Gasteiger partial charge in [-0.2, -0.15) is 0 Å². The summed E-state index contributed by atoms with van der Waals surface area (Å²) in [7, 11) is 0. The van der Waals surface area contributed by atoms with Crippen molar-refractivity contribution in [1.29, 1.82) is 0 Å². The first-order valence-corrected chi connectivity index (χ1v) is 5.67. The van der Waals surface area contributed by atoms with Crippen molar-refractivity contribution in [3.63, 3.8) is 0 Å². The van der Waals surface area contributed by atoms with Gasteiger partial charge in [-0.3, -0.25) is 15.1 Å². The lowest BCUT2D eigenvalue weighted by molar-refractivity contribution is -0.127. The number of amides is 1. The molecule has 1 amide bonds. The molecular formula is C11H23N3O. The van der Waals surface area contributed by atoms with Gasteiger partial charge < -0.3 is 0 Å². The molecule has 0 saturated carbocycles. The molecule has 0 bridgehead atoms. The molecule has 0 aromatic heterocycles. The fraction of sp³-hybridized carbons (Fsp3) is 0.909. The summed E-state index contributed by atoms with van der Waals surface area (Å²) in [6.45, 7) is 9.59. The molecule has 3 N–H and O–H groups in total. The molecule has 1 saturated heterocycles. The molecule has 1 aliphatic heterocycles. The Hall–Kier alpha value is -0.610. The van der Waals surface area contributed by atoms with Crippen LogP contribution < -0.4 is 11.3 Å². The maximum Gasteiger partial charge on any atom is 0.238 e. The van der Waals surface area contributed by atoms with Crippen LogP contribution >= 0.6 is 0 Å². The van der Waals surface area contributed by atoms with Gasteiger partial charge in [-0.05, 0) is 40.2 Å². The van der Waals surface area contributed by atoms with Crippen molar-refractivity contribution in [3.05, 3.63) is 0 Å². The molecule has 4 heteroatoms. The van der Waals surface area contributed by atoms with Crippen LogP contribution in [0.1, 0.15) is 40.5 Å². The summed E-state index contributed by atoms with van der Waals surface area (Å²) in [5, 5.41) is 0. The number of hydrazine groups is 1. The third kappa shape index (κ3) is 2.49. The standard InChI is InChI=1S/C11H23N3O/c1-8(10(15)13-12)9(2)14-7-5-6-11(14,3)4/h8-9H,5-7,12H2,1-4H3,(H,13,15). The van der Waals surface area contributed by atoms with Crippen LogP contribution in [-0.2, 0) is 4.79 Å². The van der Waals surface area contributed by atoms with Crippen molar-refractivity contribution in [2.75, 3.05) is 6.54 Å². The molecule has 0 aromatic rings. The van der Waals surface area contributed by atoms with Crippen LogP contribution in [0.5, 0.6) is 0 Å². The highest BCUT2D eigenvalue weighted by atomic mass is 16.2. The molecule has 88 valence electrons. The highest BCUT2D eigenvalue weighted by molar-refractivity contribution is 5.78. The number of carbonyl (C=O) groups excluding carboxylic acids is 1. The molecule has 0 aliphatic carbocycles. The first-order valence-electron chi connectivity index (χ1n) is 5.67. The number of nitrogens with zero attached hydrogens (tertiary/aromatic N) is 1. The van der Waals surface area contributed by atoms with Gasteiger partial charge in [0, 0.05) is 11.6 Å². The van der Waals surface area contributed by atoms with Gasteiger partial charge >= 0.3 is 0 Å². The van der Waals surface area contributed by atoms with Crippen LogP contribution in [0.15, 0.2) is 0 Å². The number of nitrogens with one attached hydrogen (secondary N) is 1. The Morgan fingerprint density at radius 2 is 2.07 bits per heavy atom. The minimum atomic E-state index is -0.0785. The van der Waals surface area contributed by atoms with Crippen molar-refractivity contribution in [2.45, 2.75) is 52.1 Å². The summed E-state index contributed by atoms with van der Waals surface area (Å²) in [5.41, 5.74) is 2.44. The van der Waals surface area contributed by atoms with Crippen molar-refractivity contribution < 1.29 is 4.79 Å². The predicted molar refractivity (Wildman–Crippen MR) is 61.0 cm³/mol. The van der Waals surface area contributed by atoms with E-state index in [9.17, 15) is 4.79 Å². The average Bonchev–Trinajstić information content (AvgIpc) is 2.54. The molecule has 0 spiro atoms. The Bertz CT molecular complexity index is 240. The van der Waals surface area contributed by atoms with E-state index >= 15 is 0 Å². The van der Waals surface area contributed by atoms with Crippen molar-refractivity contribution in [3.8, 4) is 0 Å². The Labute approximate surface area is 92.2 Å². The van der Waals surface area contributed by atoms with Crippen LogP contribution in [0.25, 0.3) is 0 Å². The maximum absolute atomic E-state index is 11.5. The first kappa shape index (κ1) is 12.5. The fourth-order valence-corrected chi connectivity index (χ4v) is 2.50. The summed E-state index contributed by atoms with van der Waals surface area (Å²) in [6, 6.07) is 0.242. The number of hydrogen-bond acceptors (Lipinski definition) is 3. The Morgan fingerprint density at radius 3 is 2.47 bits per heavy atom. The number of hydrogen-bond donors (Lipinski definition) is 2. The molecule has 0 radical (unpaired) electrons. The van der Waals surface area contributed by atoms with E-state index in [1.807, 2.05) is 6.92 Å². The summed E-state index contributed by atoms with van der Waals surface area (Å²) in [6.07, 6.45) is 2.42. The van der Waals surface area contributed by atoms with Gasteiger partial charge in [-0.25, -0.2) is 5.84 Å². The second kappa shape index (κ2) is 4.49. The molecule has 1 rings (SSSR count). The molecule has 2 unspecified atom stereocenters. The van der Waals surface area contributed by atoms with Gasteiger partial charge in [0.25, 0.3) is 0 Å². The maximum atomic E-state index is 11.5. The second-order valence-corrected chi connectivity index (χ2v) is 5.15. The molecule has 4 nitrogen and oxygen atoms in total. The number of nitrogens with two attached hydrogens (primary N) is 1. The van der Waals surface area contributed by atoms with E-state index in [-0.39, 0.29) is 23.4 Å². The number of rotatable bonds is 3. The van der Waals surface area contributed by atoms with Gasteiger partial charge in [0.15, 0.2) is 0 Å². The Morgan fingerprint density at radius 1 is 1.47 bits per heavy atom. The molecular weight excluding hydrogens is 190 g/mol. The summed E-state index contributed by atoms with van der Waals surface area (Å²) >= 11 is 0. The molecule has 0 aromatic carbocycles. The number of carbonyl (C=O) groups is 1. The third-order valence-electron chi connectivity index (χ3n) is 3.74. The van der Waals surface area contributed by atoms with Gasteiger partial charge in [-0.15, -0.1) is 0 Å². The smallest absolute Gasteiger partial charge is 0.238 e. The monoisotopic (exact) mass is 213 g/mol. The largest absolute Gasteiger partial charge is 0.295 e. The number of likely N-dealkylation sites (tertiary alicyclic amines) is 1. The minimum absolute atomic E-state index is 0.0626. The topological polar surface area (TPSA) is 58.4 Å². The highest BCUT2D eigenvalue weighted by Gasteiger charge is 2.38. The summed E-state index contributed by atoms with van der Waals surface area (Å²) in [5.74, 6) is 5.02. The highest BCUT2D eigenvalue weighted by Crippen LogP contribution is 2.32. The van der Waals surface area contributed by atoms with E-state index in [0.29, 0.717) is 0 Å². The average molecular weight is 213 g/mol. The van der Waals surface area contributed by atoms with Crippen LogP contribution in [-0.4, -0.2) is 28.9 Å². The summed E-state index contributed by atoms with van der Waals surface area (Å²) < 4.78 is 0. The molecule has 1 aliphatic rings. The van der Waals surface area contributed by atoms with Crippen LogP contribution in [0.4, 0.5) is 0 Å². The third-order valence-corrected chi connectivity index (χ3v) is 3.74. The first-order chi connectivity index (χ1) is 6.90. The van der Waals surface area contributed by atoms with E-state index in [2.05, 4.69) is 31.1 Å². The van der Waals surface area contributed by atoms with Crippen molar-refractivity contribution >= 4 is 5.91 Å². The lowest BCUT2D eigenvalue weighted by Gasteiger charge is -2.38. The van der Waals surface area contributed by atoms with Crippen LogP contribution in [0, 0.1) is 5.92 Å². The van der Waals surface area contributed by atoms with Gasteiger partial charge in [0.05, 0.1) is 5.92 Å². The van der Waals surface area contributed by atoms with Crippen molar-refractivity contribution in [2.24, 2.45) is 11.8 Å². The predicted octanol–water partition coefficient (Wildman–Crippen LogP) is 0.875. The fourth-order valence-electron chi connectivity index (χ4n) is 2.50. The molecule has 1 fully saturated rings. The second-order valence-electron chi connectivity index (χ2n) is 5.15. The van der Waals surface area contributed by atoms with Gasteiger partial charge in [0.2, 0.25) is 5.91 Å². The van der Waals surface area contributed by atoms with Crippen molar-refractivity contribution in [1.82, 2.24) is 10.3 Å². The zero-order chi connectivity index (χ0) is 11.6. The zero-order valence-corrected chi connectivity index (χ0v) is 10.2. The van der Waals surface area contributed by atoms with E-state index in [0.717, 1.165) is 6.54 Å². The Kier molecular flexibility index (Phi) is 3.73. The van der Waals surface area contributed by atoms with Gasteiger partial charge in [0.1, 0.15) is 0 Å². The SMILES string of the molecule is CC(C(=O)NN)C(C)N1CCCC1(C)C. The van der Waals surface area contributed by atoms with E-state index in [1.165, 1.54) is 12.8 Å².